The van der Waals surface area contributed by atoms with Crippen LogP contribution in [0, 0.1) is 6.92 Å². The van der Waals surface area contributed by atoms with E-state index >= 15 is 0 Å². The van der Waals surface area contributed by atoms with Gasteiger partial charge in [0.1, 0.15) is 12.6 Å². The predicted octanol–water partition coefficient (Wildman–Crippen LogP) is 3.73. The van der Waals surface area contributed by atoms with Crippen LogP contribution in [0.5, 0.6) is 5.06 Å². The van der Waals surface area contributed by atoms with E-state index in [1.54, 1.807) is 40.6 Å². The Morgan fingerprint density at radius 3 is 2.69 bits per heavy atom. The highest BCUT2D eigenvalue weighted by atomic mass is 32.1. The molecule has 0 saturated carbocycles. The summed E-state index contributed by atoms with van der Waals surface area (Å²) in [6.45, 7) is 3.10. The molecule has 3 amide bonds. The molecule has 1 aromatic heterocycles. The molecule has 0 aliphatic carbocycles. The summed E-state index contributed by atoms with van der Waals surface area (Å²) in [5.74, 6) is -0.564. The summed E-state index contributed by atoms with van der Waals surface area (Å²) >= 11 is 1.27. The molecule has 0 radical (unpaired) electrons. The lowest BCUT2D eigenvalue weighted by Crippen LogP contribution is -2.47. The monoisotopic (exact) mass is 509 g/mol. The number of benzene rings is 2. The number of nitrogens with zero attached hydrogens (tertiary/aromatic N) is 1. The number of morpholine rings is 1. The van der Waals surface area contributed by atoms with Gasteiger partial charge in [0.15, 0.2) is 5.06 Å². The van der Waals surface area contributed by atoms with Crippen molar-refractivity contribution in [2.24, 2.45) is 0 Å². The van der Waals surface area contributed by atoms with Crippen molar-refractivity contribution in [3.8, 4) is 5.06 Å². The van der Waals surface area contributed by atoms with Crippen LogP contribution in [0.2, 0.25) is 0 Å². The van der Waals surface area contributed by atoms with E-state index in [1.807, 2.05) is 37.3 Å². The van der Waals surface area contributed by atoms with Gasteiger partial charge in [0.25, 0.3) is 5.91 Å². The number of amides is 3. The second-order valence-electron chi connectivity index (χ2n) is 8.11. The molecule has 4 rings (SSSR count). The van der Waals surface area contributed by atoms with Crippen LogP contribution in [0.15, 0.2) is 66.0 Å². The minimum atomic E-state index is -0.998. The highest BCUT2D eigenvalue weighted by Crippen LogP contribution is 2.25. The van der Waals surface area contributed by atoms with Gasteiger partial charge in [-0.25, -0.2) is 4.79 Å². The molecule has 0 bridgehead atoms. The molecule has 3 aromatic rings. The maximum Gasteiger partial charge on any atom is 0.414 e. The topological polar surface area (TPSA) is 106 Å². The van der Waals surface area contributed by atoms with Crippen molar-refractivity contribution in [3.05, 3.63) is 77.2 Å². The number of nitrogens with one attached hydrogen (secondary N) is 2. The van der Waals surface area contributed by atoms with Gasteiger partial charge in [-0.3, -0.25) is 9.59 Å². The summed E-state index contributed by atoms with van der Waals surface area (Å²) in [5, 5.41) is 7.61. The number of ether oxygens (including phenoxy) is 3. The molecule has 9 nitrogen and oxygen atoms in total. The van der Waals surface area contributed by atoms with E-state index in [2.05, 4.69) is 10.6 Å². The standard InChI is InChI=1S/C26H27N3O6S/c1-18-14-20(9-10-22(18)29-11-12-33-17-23(29)30)27-25(31)21(16-34-15-19-6-3-2-4-7-19)28-26(32)35-24-8-5-13-36-24/h2-10,13-14,21H,11-12,15-17H2,1H3,(H,27,31)(H,28,32)/t21-/m1/s1. The number of anilines is 2. The summed E-state index contributed by atoms with van der Waals surface area (Å²) in [4.78, 5) is 39.4. The van der Waals surface area contributed by atoms with Crippen molar-refractivity contribution in [3.63, 3.8) is 0 Å². The number of carbonyl (C=O) groups is 3. The molecule has 2 aromatic carbocycles. The molecule has 1 aliphatic rings. The predicted molar refractivity (Wildman–Crippen MR) is 136 cm³/mol. The summed E-state index contributed by atoms with van der Waals surface area (Å²) in [6, 6.07) is 17.2. The van der Waals surface area contributed by atoms with E-state index in [9.17, 15) is 14.4 Å². The first-order chi connectivity index (χ1) is 17.5. The van der Waals surface area contributed by atoms with Gasteiger partial charge in [-0.2, -0.15) is 0 Å². The van der Waals surface area contributed by atoms with Crippen LogP contribution < -0.4 is 20.3 Å². The van der Waals surface area contributed by atoms with E-state index in [0.29, 0.717) is 23.9 Å². The molecular weight excluding hydrogens is 482 g/mol. The molecule has 1 aliphatic heterocycles. The number of hydrogen-bond donors (Lipinski definition) is 2. The Bertz CT molecular complexity index is 1190. The first kappa shape index (κ1) is 25.4. The number of hydrogen-bond acceptors (Lipinski definition) is 7. The van der Waals surface area contributed by atoms with Gasteiger partial charge in [0, 0.05) is 17.9 Å². The quantitative estimate of drug-likeness (QED) is 0.455. The van der Waals surface area contributed by atoms with Gasteiger partial charge in [-0.05, 0) is 53.8 Å². The number of thiophene rings is 1. The fourth-order valence-corrected chi connectivity index (χ4v) is 4.25. The zero-order valence-corrected chi connectivity index (χ0v) is 20.6. The first-order valence-electron chi connectivity index (χ1n) is 11.4. The number of rotatable bonds is 9. The molecule has 188 valence electrons. The summed E-state index contributed by atoms with van der Waals surface area (Å²) in [6.07, 6.45) is -0.752. The van der Waals surface area contributed by atoms with Gasteiger partial charge in [0.2, 0.25) is 5.91 Å². The van der Waals surface area contributed by atoms with E-state index in [-0.39, 0.29) is 25.7 Å². The van der Waals surface area contributed by atoms with Crippen molar-refractivity contribution < 1.29 is 28.6 Å². The third-order valence-corrected chi connectivity index (χ3v) is 6.18. The lowest BCUT2D eigenvalue weighted by atomic mass is 10.1. The molecule has 0 unspecified atom stereocenters. The van der Waals surface area contributed by atoms with E-state index < -0.39 is 18.0 Å². The summed E-state index contributed by atoms with van der Waals surface area (Å²) in [5.41, 5.74) is 3.07. The van der Waals surface area contributed by atoms with E-state index in [4.69, 9.17) is 14.2 Å². The Hall–Kier alpha value is -3.73. The van der Waals surface area contributed by atoms with Crippen LogP contribution in [0.1, 0.15) is 11.1 Å². The summed E-state index contributed by atoms with van der Waals surface area (Å²) in [7, 11) is 0. The van der Waals surface area contributed by atoms with Gasteiger partial charge >= 0.3 is 6.09 Å². The maximum atomic E-state index is 13.1. The second-order valence-corrected chi connectivity index (χ2v) is 9.02. The van der Waals surface area contributed by atoms with Crippen LogP contribution in [0.4, 0.5) is 16.2 Å². The molecule has 10 heteroatoms. The van der Waals surface area contributed by atoms with Crippen molar-refractivity contribution in [2.75, 3.05) is 36.6 Å². The fraction of sp³-hybridized carbons (Fsp3) is 0.269. The van der Waals surface area contributed by atoms with Gasteiger partial charge < -0.3 is 29.7 Å². The molecule has 2 heterocycles. The van der Waals surface area contributed by atoms with Gasteiger partial charge in [0.05, 0.1) is 19.8 Å². The largest absolute Gasteiger partial charge is 0.414 e. The SMILES string of the molecule is Cc1cc(NC(=O)[C@@H](COCc2ccccc2)NC(=O)Oc2cccs2)ccc1N1CCOCC1=O. The Labute approximate surface area is 213 Å². The molecule has 1 fully saturated rings. The van der Waals surface area contributed by atoms with E-state index in [0.717, 1.165) is 16.8 Å². The van der Waals surface area contributed by atoms with Gasteiger partial charge in [-0.1, -0.05) is 30.3 Å². The second kappa shape index (κ2) is 12.3. The number of carbonyl (C=O) groups excluding carboxylic acids is 3. The molecular formula is C26H27N3O6S. The zero-order valence-electron chi connectivity index (χ0n) is 19.8. The van der Waals surface area contributed by atoms with Crippen LogP contribution in [0.25, 0.3) is 0 Å². The Balaban J connectivity index is 1.41. The Morgan fingerprint density at radius 1 is 1.14 bits per heavy atom. The molecule has 36 heavy (non-hydrogen) atoms. The molecule has 1 saturated heterocycles. The Morgan fingerprint density at radius 2 is 1.97 bits per heavy atom. The van der Waals surface area contributed by atoms with E-state index in [1.165, 1.54) is 11.3 Å². The highest BCUT2D eigenvalue weighted by molar-refractivity contribution is 7.11. The van der Waals surface area contributed by atoms with Gasteiger partial charge in [-0.15, -0.1) is 11.3 Å². The third kappa shape index (κ3) is 6.91. The average Bonchev–Trinajstić information content (AvgIpc) is 3.38. The fourth-order valence-electron chi connectivity index (χ4n) is 3.67. The van der Waals surface area contributed by atoms with Crippen molar-refractivity contribution in [2.45, 2.75) is 19.6 Å². The lowest BCUT2D eigenvalue weighted by Gasteiger charge is -2.28. The molecule has 2 N–H and O–H groups in total. The van der Waals surface area contributed by atoms with Crippen LogP contribution in [0.3, 0.4) is 0 Å². The minimum Gasteiger partial charge on any atom is -0.399 e. The molecule has 1 atom stereocenters. The minimum absolute atomic E-state index is 0.0514. The van der Waals surface area contributed by atoms with Crippen LogP contribution in [-0.4, -0.2) is 50.3 Å². The first-order valence-corrected chi connectivity index (χ1v) is 12.3. The van der Waals surface area contributed by atoms with Crippen molar-refractivity contribution in [1.82, 2.24) is 5.32 Å². The van der Waals surface area contributed by atoms with Crippen molar-refractivity contribution >= 4 is 40.6 Å². The zero-order chi connectivity index (χ0) is 25.3. The summed E-state index contributed by atoms with van der Waals surface area (Å²) < 4.78 is 16.2. The normalized spacial score (nSPS) is 14.2. The van der Waals surface area contributed by atoms with Crippen LogP contribution >= 0.6 is 11.3 Å². The maximum absolute atomic E-state index is 13.1. The number of aryl methyl sites for hydroxylation is 1. The molecule has 0 spiro atoms. The van der Waals surface area contributed by atoms with Crippen molar-refractivity contribution in [1.29, 1.82) is 0 Å². The Kier molecular flexibility index (Phi) is 8.66. The smallest absolute Gasteiger partial charge is 0.399 e. The lowest BCUT2D eigenvalue weighted by molar-refractivity contribution is -0.125. The van der Waals surface area contributed by atoms with Crippen LogP contribution in [-0.2, 0) is 25.7 Å². The third-order valence-electron chi connectivity index (χ3n) is 5.43. The average molecular weight is 510 g/mol. The highest BCUT2D eigenvalue weighted by Gasteiger charge is 2.24.